The third kappa shape index (κ3) is 9.97. The Bertz CT molecular complexity index is 641. The fraction of sp³-hybridized carbons (Fsp3) is 0.500. The van der Waals surface area contributed by atoms with Crippen molar-refractivity contribution in [1.29, 1.82) is 0 Å². The van der Waals surface area contributed by atoms with E-state index in [4.69, 9.17) is 9.47 Å². The van der Waals surface area contributed by atoms with Crippen molar-refractivity contribution in [2.45, 2.75) is 70.8 Å². The molecule has 0 fully saturated rings. The molecule has 2 aromatic carbocycles. The molecule has 0 heterocycles. The van der Waals surface area contributed by atoms with Crippen molar-refractivity contribution in [3.05, 3.63) is 57.5 Å². The summed E-state index contributed by atoms with van der Waals surface area (Å²) >= 11 is 6.94. The topological polar surface area (TPSA) is 18.5 Å². The van der Waals surface area contributed by atoms with E-state index in [0.717, 1.165) is 26.9 Å². The fourth-order valence-corrected chi connectivity index (χ4v) is 3.64. The Labute approximate surface area is 187 Å². The van der Waals surface area contributed by atoms with Gasteiger partial charge < -0.3 is 9.47 Å². The van der Waals surface area contributed by atoms with Gasteiger partial charge in [-0.1, -0.05) is 83.7 Å². The van der Waals surface area contributed by atoms with E-state index in [1.165, 1.54) is 51.4 Å². The molecule has 0 aliphatic heterocycles. The molecule has 0 aliphatic carbocycles. The van der Waals surface area contributed by atoms with Crippen molar-refractivity contribution < 1.29 is 9.47 Å². The molecule has 0 aromatic heterocycles. The number of unbranched alkanes of at least 4 members (excludes halogenated alkanes) is 7. The van der Waals surface area contributed by atoms with Gasteiger partial charge in [-0.15, -0.1) is 0 Å². The Kier molecular flexibility index (Phi) is 11.7. The highest BCUT2D eigenvalue weighted by Crippen LogP contribution is 2.21. The third-order valence-corrected chi connectivity index (χ3v) is 5.80. The molecule has 0 radical (unpaired) electrons. The molecular formula is C24H32Br2O2. The van der Waals surface area contributed by atoms with E-state index in [-0.39, 0.29) is 6.10 Å². The van der Waals surface area contributed by atoms with Crippen LogP contribution >= 0.6 is 31.9 Å². The molecule has 154 valence electrons. The first kappa shape index (κ1) is 23.3. The Morgan fingerprint density at radius 3 is 1.75 bits per heavy atom. The van der Waals surface area contributed by atoms with Gasteiger partial charge in [0, 0.05) is 8.95 Å². The lowest BCUT2D eigenvalue weighted by atomic mass is 10.1. The van der Waals surface area contributed by atoms with Crippen LogP contribution in [-0.4, -0.2) is 12.7 Å². The number of halogens is 2. The number of hydrogen-bond donors (Lipinski definition) is 0. The third-order valence-electron chi connectivity index (χ3n) is 4.75. The minimum Gasteiger partial charge on any atom is -0.490 e. The minimum absolute atomic E-state index is 0.0601. The Balaban J connectivity index is 1.78. The van der Waals surface area contributed by atoms with E-state index < -0.39 is 0 Å². The average molecular weight is 512 g/mol. The van der Waals surface area contributed by atoms with Crippen molar-refractivity contribution in [2.75, 3.05) is 6.61 Å². The molecule has 0 saturated carbocycles. The van der Waals surface area contributed by atoms with Crippen LogP contribution in [0.4, 0.5) is 0 Å². The summed E-state index contributed by atoms with van der Waals surface area (Å²) in [6.45, 7) is 2.83. The standard InChI is InChI=1S/C24H32Br2O2/c1-2-3-4-5-6-7-8-9-10-24(28-23-17-13-21(26)14-18-23)19-27-22-15-11-20(25)12-16-22/h11-18,24H,2-10,19H2,1H3. The molecular weight excluding hydrogens is 480 g/mol. The van der Waals surface area contributed by atoms with Gasteiger partial charge in [0.1, 0.15) is 24.2 Å². The summed E-state index contributed by atoms with van der Waals surface area (Å²) in [7, 11) is 0. The summed E-state index contributed by atoms with van der Waals surface area (Å²) in [5, 5.41) is 0. The van der Waals surface area contributed by atoms with Crippen LogP contribution in [0.1, 0.15) is 64.7 Å². The van der Waals surface area contributed by atoms with Crippen molar-refractivity contribution >= 4 is 31.9 Å². The second kappa shape index (κ2) is 14.1. The first-order chi connectivity index (χ1) is 13.7. The van der Waals surface area contributed by atoms with E-state index in [1.807, 2.05) is 48.5 Å². The smallest absolute Gasteiger partial charge is 0.133 e. The van der Waals surface area contributed by atoms with Gasteiger partial charge in [-0.3, -0.25) is 0 Å². The predicted molar refractivity (Wildman–Crippen MR) is 125 cm³/mol. The molecule has 28 heavy (non-hydrogen) atoms. The van der Waals surface area contributed by atoms with Crippen molar-refractivity contribution in [1.82, 2.24) is 0 Å². The van der Waals surface area contributed by atoms with Gasteiger partial charge in [0.2, 0.25) is 0 Å². The Morgan fingerprint density at radius 1 is 0.679 bits per heavy atom. The quantitative estimate of drug-likeness (QED) is 0.236. The van der Waals surface area contributed by atoms with Crippen LogP contribution in [0.2, 0.25) is 0 Å². The molecule has 0 N–H and O–H groups in total. The van der Waals surface area contributed by atoms with Gasteiger partial charge in [-0.05, 0) is 61.4 Å². The average Bonchev–Trinajstić information content (AvgIpc) is 2.70. The van der Waals surface area contributed by atoms with Crippen LogP contribution in [0.5, 0.6) is 11.5 Å². The van der Waals surface area contributed by atoms with Crippen molar-refractivity contribution in [2.24, 2.45) is 0 Å². The lowest BCUT2D eigenvalue weighted by Gasteiger charge is -2.20. The van der Waals surface area contributed by atoms with Crippen LogP contribution in [0.3, 0.4) is 0 Å². The molecule has 1 unspecified atom stereocenters. The largest absolute Gasteiger partial charge is 0.490 e. The predicted octanol–water partition coefficient (Wildman–Crippen LogP) is 8.57. The van der Waals surface area contributed by atoms with Gasteiger partial charge in [0.15, 0.2) is 0 Å². The molecule has 4 heteroatoms. The normalized spacial score (nSPS) is 12.0. The number of hydrogen-bond acceptors (Lipinski definition) is 2. The first-order valence-electron chi connectivity index (χ1n) is 10.5. The molecule has 2 nitrogen and oxygen atoms in total. The van der Waals surface area contributed by atoms with E-state index in [1.54, 1.807) is 0 Å². The summed E-state index contributed by atoms with van der Waals surface area (Å²) in [6.07, 6.45) is 11.6. The van der Waals surface area contributed by atoms with Crippen LogP contribution < -0.4 is 9.47 Å². The van der Waals surface area contributed by atoms with Gasteiger partial charge in [-0.2, -0.15) is 0 Å². The van der Waals surface area contributed by atoms with Crippen LogP contribution in [0.25, 0.3) is 0 Å². The van der Waals surface area contributed by atoms with Crippen molar-refractivity contribution in [3.63, 3.8) is 0 Å². The SMILES string of the molecule is CCCCCCCCCCC(COc1ccc(Br)cc1)Oc1ccc(Br)cc1. The lowest BCUT2D eigenvalue weighted by molar-refractivity contribution is 0.118. The highest BCUT2D eigenvalue weighted by Gasteiger charge is 2.12. The summed E-state index contributed by atoms with van der Waals surface area (Å²) in [6, 6.07) is 16.0. The minimum atomic E-state index is 0.0601. The van der Waals surface area contributed by atoms with Crippen molar-refractivity contribution in [3.8, 4) is 11.5 Å². The van der Waals surface area contributed by atoms with Gasteiger partial charge in [0.25, 0.3) is 0 Å². The monoisotopic (exact) mass is 510 g/mol. The van der Waals surface area contributed by atoms with E-state index in [9.17, 15) is 0 Å². The number of benzene rings is 2. The van der Waals surface area contributed by atoms with Gasteiger partial charge >= 0.3 is 0 Å². The summed E-state index contributed by atoms with van der Waals surface area (Å²) in [5.74, 6) is 1.77. The zero-order valence-electron chi connectivity index (χ0n) is 16.8. The summed E-state index contributed by atoms with van der Waals surface area (Å²) < 4.78 is 14.3. The maximum absolute atomic E-state index is 6.22. The second-order valence-corrected chi connectivity index (χ2v) is 9.05. The number of ether oxygens (including phenoxy) is 2. The Morgan fingerprint density at radius 2 is 1.18 bits per heavy atom. The highest BCUT2D eigenvalue weighted by atomic mass is 79.9. The maximum Gasteiger partial charge on any atom is 0.133 e. The molecule has 1 atom stereocenters. The maximum atomic E-state index is 6.22. The summed E-state index contributed by atoms with van der Waals surface area (Å²) in [5.41, 5.74) is 0. The van der Waals surface area contributed by atoms with Crippen LogP contribution in [0.15, 0.2) is 57.5 Å². The van der Waals surface area contributed by atoms with E-state index in [2.05, 4.69) is 38.8 Å². The number of rotatable bonds is 14. The zero-order valence-corrected chi connectivity index (χ0v) is 20.0. The fourth-order valence-electron chi connectivity index (χ4n) is 3.11. The summed E-state index contributed by atoms with van der Waals surface area (Å²) in [4.78, 5) is 0. The molecule has 0 spiro atoms. The first-order valence-corrected chi connectivity index (χ1v) is 12.1. The molecule has 2 rings (SSSR count). The highest BCUT2D eigenvalue weighted by molar-refractivity contribution is 9.10. The van der Waals surface area contributed by atoms with E-state index in [0.29, 0.717) is 6.61 Å². The lowest BCUT2D eigenvalue weighted by Crippen LogP contribution is -2.25. The molecule has 0 aliphatic rings. The Hall–Kier alpha value is -1.00. The molecule has 0 saturated heterocycles. The van der Waals surface area contributed by atoms with Crippen LogP contribution in [-0.2, 0) is 0 Å². The zero-order chi connectivity index (χ0) is 20.0. The molecule has 2 aromatic rings. The van der Waals surface area contributed by atoms with E-state index >= 15 is 0 Å². The van der Waals surface area contributed by atoms with Gasteiger partial charge in [0.05, 0.1) is 0 Å². The van der Waals surface area contributed by atoms with Gasteiger partial charge in [-0.25, -0.2) is 0 Å². The van der Waals surface area contributed by atoms with Crippen LogP contribution in [0, 0.1) is 0 Å². The molecule has 0 amide bonds. The second-order valence-electron chi connectivity index (χ2n) is 7.22. The molecule has 0 bridgehead atoms.